The summed E-state index contributed by atoms with van der Waals surface area (Å²) in [5, 5.41) is 11.0. The number of hydrogen-bond donors (Lipinski definition) is 0. The van der Waals surface area contributed by atoms with Gasteiger partial charge in [-0.2, -0.15) is 5.26 Å². The normalized spacial score (nSPS) is 16.9. The van der Waals surface area contributed by atoms with E-state index in [1.165, 1.54) is 0 Å². The Kier molecular flexibility index (Phi) is 3.70. The van der Waals surface area contributed by atoms with Gasteiger partial charge < -0.3 is 14.2 Å². The van der Waals surface area contributed by atoms with E-state index in [9.17, 15) is 10.1 Å². The lowest BCUT2D eigenvalue weighted by atomic mass is 9.88. The SMILES string of the molecule is COc1ccc(OC)c(C2=c3ccc4c(c3OC(=O)C2C#N)C=CN=4)c1. The van der Waals surface area contributed by atoms with E-state index in [1.807, 2.05) is 12.1 Å². The number of methoxy groups -OCH3 is 2. The number of benzene rings is 2. The average molecular weight is 346 g/mol. The number of fused-ring (bicyclic) bond motifs is 3. The van der Waals surface area contributed by atoms with Crippen molar-refractivity contribution in [1.29, 1.82) is 5.26 Å². The topological polar surface area (TPSA) is 80.9 Å². The average Bonchev–Trinajstić information content (AvgIpc) is 3.15. The number of nitrogens with zero attached hydrogens (tertiary/aromatic N) is 2. The Labute approximate surface area is 149 Å². The summed E-state index contributed by atoms with van der Waals surface area (Å²) in [5.41, 5.74) is 1.89. The fourth-order valence-corrected chi connectivity index (χ4v) is 3.25. The van der Waals surface area contributed by atoms with Gasteiger partial charge in [0.1, 0.15) is 17.2 Å². The number of ether oxygens (including phenoxy) is 3. The fourth-order valence-electron chi connectivity index (χ4n) is 3.25. The number of rotatable bonds is 3. The minimum absolute atomic E-state index is 0.413. The predicted molar refractivity (Wildman–Crippen MR) is 93.1 cm³/mol. The van der Waals surface area contributed by atoms with Gasteiger partial charge in [0, 0.05) is 28.1 Å². The van der Waals surface area contributed by atoms with Crippen LogP contribution < -0.4 is 24.8 Å². The molecule has 6 heteroatoms. The minimum Gasteiger partial charge on any atom is -0.497 e. The van der Waals surface area contributed by atoms with Gasteiger partial charge in [0.15, 0.2) is 5.92 Å². The molecular formula is C20H14N2O4. The van der Waals surface area contributed by atoms with Crippen molar-refractivity contribution in [3.8, 4) is 23.3 Å². The summed E-state index contributed by atoms with van der Waals surface area (Å²) in [6.07, 6.45) is 3.44. The van der Waals surface area contributed by atoms with Crippen LogP contribution in [0.2, 0.25) is 0 Å². The lowest BCUT2D eigenvalue weighted by Crippen LogP contribution is -2.34. The van der Waals surface area contributed by atoms with Crippen LogP contribution >= 0.6 is 0 Å². The molecule has 0 bridgehead atoms. The highest BCUT2D eigenvalue weighted by Gasteiger charge is 2.34. The first-order valence-corrected chi connectivity index (χ1v) is 7.93. The van der Waals surface area contributed by atoms with Crippen molar-refractivity contribution in [3.63, 3.8) is 0 Å². The second-order valence-electron chi connectivity index (χ2n) is 5.78. The second-order valence-corrected chi connectivity index (χ2v) is 5.78. The van der Waals surface area contributed by atoms with E-state index in [2.05, 4.69) is 11.1 Å². The quantitative estimate of drug-likeness (QED) is 0.622. The van der Waals surface area contributed by atoms with Gasteiger partial charge in [-0.3, -0.25) is 4.99 Å². The second kappa shape index (κ2) is 6.05. The van der Waals surface area contributed by atoms with Crippen molar-refractivity contribution >= 4 is 17.6 Å². The zero-order valence-corrected chi connectivity index (χ0v) is 14.1. The van der Waals surface area contributed by atoms with Crippen LogP contribution in [0.1, 0.15) is 11.1 Å². The summed E-state index contributed by atoms with van der Waals surface area (Å²) in [6.45, 7) is 0. The Morgan fingerprint density at radius 3 is 2.77 bits per heavy atom. The van der Waals surface area contributed by atoms with Gasteiger partial charge in [0.25, 0.3) is 0 Å². The van der Waals surface area contributed by atoms with Crippen LogP contribution in [0.25, 0.3) is 11.6 Å². The van der Waals surface area contributed by atoms with Gasteiger partial charge in [0.2, 0.25) is 0 Å². The molecule has 2 aromatic carbocycles. The first-order chi connectivity index (χ1) is 12.7. The Hall–Kier alpha value is -3.59. The van der Waals surface area contributed by atoms with Crippen LogP contribution in [0.15, 0.2) is 41.5 Å². The summed E-state index contributed by atoms with van der Waals surface area (Å²) in [5.74, 6) is -0.127. The van der Waals surface area contributed by atoms with Crippen LogP contribution in [-0.2, 0) is 4.79 Å². The molecule has 0 fully saturated rings. The van der Waals surface area contributed by atoms with Gasteiger partial charge >= 0.3 is 5.97 Å². The Morgan fingerprint density at radius 1 is 1.19 bits per heavy atom. The highest BCUT2D eigenvalue weighted by Crippen LogP contribution is 2.36. The molecule has 2 aliphatic heterocycles. The molecule has 0 saturated heterocycles. The molecule has 1 atom stereocenters. The molecule has 1 unspecified atom stereocenters. The van der Waals surface area contributed by atoms with Gasteiger partial charge in [0.05, 0.1) is 25.6 Å². The summed E-state index contributed by atoms with van der Waals surface area (Å²) < 4.78 is 16.3. The lowest BCUT2D eigenvalue weighted by Gasteiger charge is -2.23. The molecule has 2 aromatic rings. The van der Waals surface area contributed by atoms with Gasteiger partial charge in [-0.1, -0.05) is 0 Å². The number of hydrogen-bond acceptors (Lipinski definition) is 6. The van der Waals surface area contributed by atoms with Crippen LogP contribution in [0.4, 0.5) is 0 Å². The molecule has 128 valence electrons. The zero-order chi connectivity index (χ0) is 18.3. The first-order valence-electron chi connectivity index (χ1n) is 7.93. The molecule has 0 amide bonds. The number of carbonyl (C=O) groups excluding carboxylic acids is 1. The number of esters is 1. The predicted octanol–water partition coefficient (Wildman–Crippen LogP) is 1.57. The summed E-state index contributed by atoms with van der Waals surface area (Å²) in [4.78, 5) is 16.8. The van der Waals surface area contributed by atoms with E-state index in [-0.39, 0.29) is 0 Å². The van der Waals surface area contributed by atoms with Crippen LogP contribution in [0.3, 0.4) is 0 Å². The van der Waals surface area contributed by atoms with Crippen molar-refractivity contribution in [1.82, 2.24) is 0 Å². The van der Waals surface area contributed by atoms with Gasteiger partial charge in [-0.25, -0.2) is 4.79 Å². The Balaban J connectivity index is 2.14. The molecular weight excluding hydrogens is 332 g/mol. The third-order valence-corrected chi connectivity index (χ3v) is 4.47. The van der Waals surface area contributed by atoms with Gasteiger partial charge in [-0.05, 0) is 36.4 Å². The number of nitriles is 1. The maximum atomic E-state index is 12.5. The van der Waals surface area contributed by atoms with E-state index in [0.29, 0.717) is 33.6 Å². The van der Waals surface area contributed by atoms with E-state index in [4.69, 9.17) is 14.2 Å². The zero-order valence-electron chi connectivity index (χ0n) is 14.1. The van der Waals surface area contributed by atoms with Gasteiger partial charge in [-0.15, -0.1) is 0 Å². The van der Waals surface area contributed by atoms with E-state index < -0.39 is 11.9 Å². The first kappa shape index (κ1) is 15.9. The van der Waals surface area contributed by atoms with Crippen molar-refractivity contribution in [2.45, 2.75) is 0 Å². The van der Waals surface area contributed by atoms with Crippen molar-refractivity contribution in [2.75, 3.05) is 14.2 Å². The molecule has 6 nitrogen and oxygen atoms in total. The van der Waals surface area contributed by atoms with E-state index in [1.54, 1.807) is 44.7 Å². The Bertz CT molecular complexity index is 1130. The largest absolute Gasteiger partial charge is 0.497 e. The monoisotopic (exact) mass is 346 g/mol. The minimum atomic E-state index is -1.07. The third kappa shape index (κ3) is 2.25. The summed E-state index contributed by atoms with van der Waals surface area (Å²) >= 11 is 0. The third-order valence-electron chi connectivity index (χ3n) is 4.47. The molecule has 0 aromatic heterocycles. The smallest absolute Gasteiger partial charge is 0.333 e. The maximum absolute atomic E-state index is 12.5. The van der Waals surface area contributed by atoms with E-state index >= 15 is 0 Å². The molecule has 0 saturated carbocycles. The fraction of sp³-hybridized carbons (Fsp3) is 0.150. The highest BCUT2D eigenvalue weighted by atomic mass is 16.5. The van der Waals surface area contributed by atoms with Crippen LogP contribution in [0.5, 0.6) is 17.2 Å². The van der Waals surface area contributed by atoms with Crippen LogP contribution in [-0.4, -0.2) is 20.2 Å². The van der Waals surface area contributed by atoms with Crippen molar-refractivity contribution in [2.24, 2.45) is 10.9 Å². The lowest BCUT2D eigenvalue weighted by molar-refractivity contribution is -0.135. The molecule has 2 heterocycles. The number of carbonyl (C=O) groups is 1. The molecule has 0 aliphatic carbocycles. The Morgan fingerprint density at radius 2 is 2.04 bits per heavy atom. The van der Waals surface area contributed by atoms with E-state index in [0.717, 1.165) is 10.9 Å². The highest BCUT2D eigenvalue weighted by molar-refractivity contribution is 5.96. The molecule has 4 rings (SSSR count). The van der Waals surface area contributed by atoms with Crippen molar-refractivity contribution in [3.05, 3.63) is 58.2 Å². The van der Waals surface area contributed by atoms with Crippen LogP contribution in [0, 0.1) is 17.2 Å². The standard InChI is InChI=1S/C20H14N2O4/c1-24-11-3-6-17(25-2)14(9-11)18-13-4-5-16-12(7-8-22-16)19(13)26-20(23)15(18)10-21/h3-9,15H,1-2H3. The molecule has 0 N–H and O–H groups in total. The molecule has 2 aliphatic rings. The maximum Gasteiger partial charge on any atom is 0.333 e. The molecule has 0 spiro atoms. The summed E-state index contributed by atoms with van der Waals surface area (Å²) in [6, 6.07) is 11.0. The molecule has 26 heavy (non-hydrogen) atoms. The summed E-state index contributed by atoms with van der Waals surface area (Å²) in [7, 11) is 3.10. The molecule has 0 radical (unpaired) electrons. The van der Waals surface area contributed by atoms with Crippen molar-refractivity contribution < 1.29 is 19.0 Å².